The molecule has 5 nitrogen and oxygen atoms in total. The Bertz CT molecular complexity index is 420. The first-order valence-corrected chi connectivity index (χ1v) is 5.77. The van der Waals surface area contributed by atoms with Crippen molar-refractivity contribution in [1.82, 2.24) is 5.32 Å². The molecule has 0 aliphatic heterocycles. The summed E-state index contributed by atoms with van der Waals surface area (Å²) >= 11 is 0. The van der Waals surface area contributed by atoms with Gasteiger partial charge in [-0.2, -0.15) is 0 Å². The zero-order chi connectivity index (χ0) is 13.2. The van der Waals surface area contributed by atoms with E-state index in [0.717, 1.165) is 43.2 Å². The van der Waals surface area contributed by atoms with Gasteiger partial charge in [0.1, 0.15) is 12.1 Å². The fourth-order valence-corrected chi connectivity index (χ4v) is 1.47. The van der Waals surface area contributed by atoms with E-state index in [4.69, 9.17) is 10.5 Å². The number of allylic oxidation sites excluding steroid dienone is 4. The quantitative estimate of drug-likeness (QED) is 0.220. The number of aldehydes is 1. The van der Waals surface area contributed by atoms with E-state index < -0.39 is 0 Å². The molecule has 96 valence electrons. The van der Waals surface area contributed by atoms with Crippen LogP contribution in [0.2, 0.25) is 0 Å². The highest BCUT2D eigenvalue weighted by Gasteiger charge is 2.04. The summed E-state index contributed by atoms with van der Waals surface area (Å²) in [4.78, 5) is 14.3. The number of carbonyl (C=O) groups is 1. The van der Waals surface area contributed by atoms with E-state index in [1.165, 1.54) is 6.08 Å². The molecule has 1 aliphatic rings. The smallest absolute Gasteiger partial charge is 0.147 e. The molecule has 3 N–H and O–H groups in total. The summed E-state index contributed by atoms with van der Waals surface area (Å²) in [6, 6.07) is 0. The van der Waals surface area contributed by atoms with Crippen LogP contribution in [0.15, 0.2) is 40.8 Å². The lowest BCUT2D eigenvalue weighted by Gasteiger charge is -2.12. The number of aliphatic imine (C=N–C) groups is 1. The fourth-order valence-electron chi connectivity index (χ4n) is 1.47. The van der Waals surface area contributed by atoms with Crippen molar-refractivity contribution >= 4 is 18.3 Å². The monoisotopic (exact) mass is 247 g/mol. The third-order valence-corrected chi connectivity index (χ3v) is 2.42. The van der Waals surface area contributed by atoms with Gasteiger partial charge in [-0.3, -0.25) is 10.2 Å². The molecule has 0 fully saturated rings. The molecule has 0 aromatic heterocycles. The van der Waals surface area contributed by atoms with E-state index in [0.29, 0.717) is 6.42 Å². The SMILES string of the molecule is N=C(C=CO)N=CCCNC1=CC=C(C=O)CC1. The van der Waals surface area contributed by atoms with Crippen molar-refractivity contribution < 1.29 is 9.90 Å². The molecular weight excluding hydrogens is 230 g/mol. The molecule has 0 aromatic rings. The second-order valence-corrected chi connectivity index (χ2v) is 3.78. The van der Waals surface area contributed by atoms with Crippen LogP contribution in [0, 0.1) is 5.41 Å². The van der Waals surface area contributed by atoms with Crippen LogP contribution in [-0.4, -0.2) is 30.0 Å². The van der Waals surface area contributed by atoms with Crippen molar-refractivity contribution in [2.45, 2.75) is 19.3 Å². The van der Waals surface area contributed by atoms with Gasteiger partial charge in [-0.25, -0.2) is 4.99 Å². The molecule has 0 bridgehead atoms. The van der Waals surface area contributed by atoms with Crippen molar-refractivity contribution in [3.8, 4) is 0 Å². The van der Waals surface area contributed by atoms with E-state index in [1.54, 1.807) is 6.21 Å². The second-order valence-electron chi connectivity index (χ2n) is 3.78. The van der Waals surface area contributed by atoms with Gasteiger partial charge in [0.2, 0.25) is 0 Å². The third-order valence-electron chi connectivity index (χ3n) is 2.42. The van der Waals surface area contributed by atoms with Gasteiger partial charge in [0.15, 0.2) is 0 Å². The van der Waals surface area contributed by atoms with Gasteiger partial charge >= 0.3 is 0 Å². The van der Waals surface area contributed by atoms with Crippen LogP contribution < -0.4 is 5.32 Å². The molecule has 0 atom stereocenters. The Balaban J connectivity index is 2.23. The maximum absolute atomic E-state index is 10.5. The highest BCUT2D eigenvalue weighted by Crippen LogP contribution is 2.14. The standard InChI is InChI=1S/C13H17N3O2/c14-13(6-9-17)16-8-1-7-15-12-4-2-11(10-18)3-5-12/h2,4,6,8-10,14-15,17H,1,3,5,7H2. The van der Waals surface area contributed by atoms with E-state index in [1.807, 2.05) is 12.2 Å². The summed E-state index contributed by atoms with van der Waals surface area (Å²) in [5.74, 6) is 0.0212. The van der Waals surface area contributed by atoms with Crippen molar-refractivity contribution in [2.24, 2.45) is 4.99 Å². The van der Waals surface area contributed by atoms with E-state index in [9.17, 15) is 4.79 Å². The van der Waals surface area contributed by atoms with Crippen LogP contribution >= 0.6 is 0 Å². The van der Waals surface area contributed by atoms with Gasteiger partial charge in [0, 0.05) is 31.0 Å². The number of nitrogens with zero attached hydrogens (tertiary/aromatic N) is 1. The van der Waals surface area contributed by atoms with Gasteiger partial charge < -0.3 is 10.4 Å². The fraction of sp³-hybridized carbons (Fsp3) is 0.308. The summed E-state index contributed by atoms with van der Waals surface area (Å²) < 4.78 is 0. The first-order valence-electron chi connectivity index (χ1n) is 5.77. The van der Waals surface area contributed by atoms with Crippen molar-refractivity contribution in [1.29, 1.82) is 5.41 Å². The predicted molar refractivity (Wildman–Crippen MR) is 72.1 cm³/mol. The van der Waals surface area contributed by atoms with Crippen LogP contribution in [0.1, 0.15) is 19.3 Å². The maximum atomic E-state index is 10.5. The summed E-state index contributed by atoms with van der Waals surface area (Å²) in [7, 11) is 0. The first kappa shape index (κ1) is 13.9. The summed E-state index contributed by atoms with van der Waals surface area (Å²) in [6.07, 6.45) is 10.6. The van der Waals surface area contributed by atoms with Crippen LogP contribution in [-0.2, 0) is 4.79 Å². The number of aliphatic hydroxyl groups is 1. The molecule has 0 saturated heterocycles. The minimum Gasteiger partial charge on any atom is -0.515 e. The number of carbonyl (C=O) groups excluding carboxylic acids is 1. The van der Waals surface area contributed by atoms with Crippen molar-refractivity contribution in [2.75, 3.05) is 6.54 Å². The molecule has 0 heterocycles. The number of hydrogen-bond donors (Lipinski definition) is 3. The molecule has 0 unspecified atom stereocenters. The third kappa shape index (κ3) is 5.25. The molecule has 0 amide bonds. The Morgan fingerprint density at radius 1 is 1.50 bits per heavy atom. The zero-order valence-electron chi connectivity index (χ0n) is 10.1. The molecule has 5 heteroatoms. The minimum absolute atomic E-state index is 0.0212. The number of aliphatic hydroxyl groups excluding tert-OH is 1. The number of hydrogen-bond acceptors (Lipinski definition) is 4. The Hall–Kier alpha value is -2.17. The average molecular weight is 247 g/mol. The highest BCUT2D eigenvalue weighted by molar-refractivity contribution is 5.95. The Labute approximate surface area is 106 Å². The normalized spacial score (nSPS) is 15.6. The Morgan fingerprint density at radius 3 is 2.94 bits per heavy atom. The number of rotatable bonds is 6. The molecule has 0 spiro atoms. The zero-order valence-corrected chi connectivity index (χ0v) is 10.1. The molecule has 0 saturated carbocycles. The summed E-state index contributed by atoms with van der Waals surface area (Å²) in [6.45, 7) is 0.732. The highest BCUT2D eigenvalue weighted by atomic mass is 16.2. The first-order chi connectivity index (χ1) is 8.76. The molecule has 18 heavy (non-hydrogen) atoms. The van der Waals surface area contributed by atoms with Gasteiger partial charge in [-0.1, -0.05) is 6.08 Å². The maximum Gasteiger partial charge on any atom is 0.147 e. The molecule has 0 aromatic carbocycles. The molecule has 1 rings (SSSR count). The van der Waals surface area contributed by atoms with Crippen LogP contribution in [0.5, 0.6) is 0 Å². The van der Waals surface area contributed by atoms with Crippen LogP contribution in [0.3, 0.4) is 0 Å². The molecule has 1 aliphatic carbocycles. The van der Waals surface area contributed by atoms with Gasteiger partial charge in [-0.05, 0) is 24.5 Å². The van der Waals surface area contributed by atoms with Crippen LogP contribution in [0.25, 0.3) is 0 Å². The lowest BCUT2D eigenvalue weighted by Crippen LogP contribution is -2.16. The lowest BCUT2D eigenvalue weighted by atomic mass is 10.0. The van der Waals surface area contributed by atoms with Gasteiger partial charge in [0.05, 0.1) is 6.26 Å². The summed E-state index contributed by atoms with van der Waals surface area (Å²) in [5, 5.41) is 18.9. The van der Waals surface area contributed by atoms with Gasteiger partial charge in [0.25, 0.3) is 0 Å². The molecule has 0 radical (unpaired) electrons. The van der Waals surface area contributed by atoms with E-state index >= 15 is 0 Å². The number of amidine groups is 1. The van der Waals surface area contributed by atoms with Crippen LogP contribution in [0.4, 0.5) is 0 Å². The lowest BCUT2D eigenvalue weighted by molar-refractivity contribution is -0.105. The van der Waals surface area contributed by atoms with E-state index in [2.05, 4.69) is 10.3 Å². The van der Waals surface area contributed by atoms with E-state index in [-0.39, 0.29) is 5.84 Å². The largest absolute Gasteiger partial charge is 0.515 e. The topological polar surface area (TPSA) is 85.5 Å². The summed E-state index contributed by atoms with van der Waals surface area (Å²) in [5.41, 5.74) is 1.94. The predicted octanol–water partition coefficient (Wildman–Crippen LogP) is 1.89. The van der Waals surface area contributed by atoms with Gasteiger partial charge in [-0.15, -0.1) is 0 Å². The minimum atomic E-state index is 0.0212. The van der Waals surface area contributed by atoms with Crippen molar-refractivity contribution in [3.05, 3.63) is 35.8 Å². The average Bonchev–Trinajstić information content (AvgIpc) is 2.39. The second kappa shape index (κ2) is 8.00. The van der Waals surface area contributed by atoms with Crippen molar-refractivity contribution in [3.63, 3.8) is 0 Å². The Kier molecular flexibility index (Phi) is 6.17. The molecular formula is C13H17N3O2. The number of nitrogens with one attached hydrogen (secondary N) is 2. The Morgan fingerprint density at radius 2 is 2.33 bits per heavy atom.